The van der Waals surface area contributed by atoms with Crippen LogP contribution in [0.2, 0.25) is 0 Å². The van der Waals surface area contributed by atoms with E-state index in [-0.39, 0.29) is 5.91 Å². The fourth-order valence-electron chi connectivity index (χ4n) is 4.54. The van der Waals surface area contributed by atoms with Crippen LogP contribution in [0.25, 0.3) is 0 Å². The zero-order valence-electron chi connectivity index (χ0n) is 17.0. The van der Waals surface area contributed by atoms with Gasteiger partial charge in [-0.3, -0.25) is 9.48 Å². The number of aryl methyl sites for hydroxylation is 1. The van der Waals surface area contributed by atoms with Gasteiger partial charge >= 0.3 is 0 Å². The molecule has 1 fully saturated rings. The lowest BCUT2D eigenvalue weighted by molar-refractivity contribution is 0.0716. The molecule has 1 aliphatic carbocycles. The van der Waals surface area contributed by atoms with Crippen molar-refractivity contribution in [1.29, 1.82) is 0 Å². The van der Waals surface area contributed by atoms with E-state index in [1.165, 1.54) is 23.2 Å². The monoisotopic (exact) mass is 380 g/mol. The highest BCUT2D eigenvalue weighted by molar-refractivity contribution is 5.94. The molecule has 5 nitrogen and oxygen atoms in total. The average molecular weight is 381 g/mol. The molecule has 150 valence electrons. The standard InChI is InChI=1S/C23H32N4O/c1-2-13-27-21-12-11-19(24-17-18-9-5-3-6-10-18)16-20(21)22(25-27)23(28)26-14-7-4-8-15-26/h3,5-6,9-10,19,24H,2,4,7-8,11-17H2,1H3. The number of amides is 1. The number of piperidine rings is 1. The summed E-state index contributed by atoms with van der Waals surface area (Å²) in [5.41, 5.74) is 4.51. The number of nitrogens with zero attached hydrogens (tertiary/aromatic N) is 3. The highest BCUT2D eigenvalue weighted by Gasteiger charge is 2.31. The van der Waals surface area contributed by atoms with Gasteiger partial charge in [-0.05, 0) is 50.5 Å². The van der Waals surface area contributed by atoms with Crippen molar-refractivity contribution < 1.29 is 4.79 Å². The number of rotatable bonds is 6. The van der Waals surface area contributed by atoms with Gasteiger partial charge in [0.05, 0.1) is 0 Å². The zero-order chi connectivity index (χ0) is 19.3. The molecule has 0 saturated carbocycles. The van der Waals surface area contributed by atoms with E-state index in [0.29, 0.717) is 6.04 Å². The second kappa shape index (κ2) is 8.91. The first-order valence-electron chi connectivity index (χ1n) is 10.9. The molecule has 5 heteroatoms. The Morgan fingerprint density at radius 2 is 1.96 bits per heavy atom. The van der Waals surface area contributed by atoms with Crippen molar-refractivity contribution in [2.45, 2.75) is 71.0 Å². The molecule has 1 aliphatic heterocycles. The fourth-order valence-corrected chi connectivity index (χ4v) is 4.54. The van der Waals surface area contributed by atoms with Crippen molar-refractivity contribution >= 4 is 5.91 Å². The van der Waals surface area contributed by atoms with Gasteiger partial charge in [-0.15, -0.1) is 0 Å². The zero-order valence-corrected chi connectivity index (χ0v) is 17.0. The Morgan fingerprint density at radius 3 is 2.71 bits per heavy atom. The number of carbonyl (C=O) groups is 1. The van der Waals surface area contributed by atoms with Crippen LogP contribution in [-0.4, -0.2) is 39.7 Å². The summed E-state index contributed by atoms with van der Waals surface area (Å²) < 4.78 is 2.11. The Bertz CT molecular complexity index is 792. The van der Waals surface area contributed by atoms with Crippen LogP contribution in [0.4, 0.5) is 0 Å². The summed E-state index contributed by atoms with van der Waals surface area (Å²) in [6.07, 6.45) is 7.52. The number of aromatic nitrogens is 2. The topological polar surface area (TPSA) is 50.2 Å². The lowest BCUT2D eigenvalue weighted by Crippen LogP contribution is -2.38. The second-order valence-corrected chi connectivity index (χ2v) is 8.16. The first kappa shape index (κ1) is 19.2. The van der Waals surface area contributed by atoms with E-state index >= 15 is 0 Å². The molecule has 1 aromatic heterocycles. The largest absolute Gasteiger partial charge is 0.337 e. The Hall–Kier alpha value is -2.14. The Labute approximate surface area is 168 Å². The third kappa shape index (κ3) is 4.14. The highest BCUT2D eigenvalue weighted by atomic mass is 16.2. The van der Waals surface area contributed by atoms with Gasteiger partial charge in [0.15, 0.2) is 5.69 Å². The third-order valence-electron chi connectivity index (χ3n) is 6.07. The van der Waals surface area contributed by atoms with Gasteiger partial charge in [0.2, 0.25) is 0 Å². The maximum absolute atomic E-state index is 13.2. The molecule has 0 spiro atoms. The van der Waals surface area contributed by atoms with E-state index in [9.17, 15) is 4.79 Å². The molecule has 0 bridgehead atoms. The molecule has 4 rings (SSSR count). The van der Waals surface area contributed by atoms with Crippen LogP contribution in [0.1, 0.15) is 66.3 Å². The van der Waals surface area contributed by atoms with Gasteiger partial charge < -0.3 is 10.2 Å². The van der Waals surface area contributed by atoms with Crippen LogP contribution in [-0.2, 0) is 25.9 Å². The molecule has 1 atom stereocenters. The summed E-state index contributed by atoms with van der Waals surface area (Å²) in [5, 5.41) is 8.51. The lowest BCUT2D eigenvalue weighted by Gasteiger charge is -2.28. The molecular weight excluding hydrogens is 348 g/mol. The molecule has 1 amide bonds. The summed E-state index contributed by atoms with van der Waals surface area (Å²) in [4.78, 5) is 15.2. The predicted octanol–water partition coefficient (Wildman–Crippen LogP) is 3.57. The molecule has 2 heterocycles. The highest BCUT2D eigenvalue weighted by Crippen LogP contribution is 2.27. The number of hydrogen-bond donors (Lipinski definition) is 1. The van der Waals surface area contributed by atoms with Crippen LogP contribution in [0, 0.1) is 0 Å². The molecule has 28 heavy (non-hydrogen) atoms. The predicted molar refractivity (Wildman–Crippen MR) is 111 cm³/mol. The van der Waals surface area contributed by atoms with Gasteiger partial charge in [-0.2, -0.15) is 5.10 Å². The van der Waals surface area contributed by atoms with Crippen LogP contribution < -0.4 is 5.32 Å². The normalized spacial score (nSPS) is 19.5. The summed E-state index contributed by atoms with van der Waals surface area (Å²) in [6.45, 7) is 5.71. The minimum Gasteiger partial charge on any atom is -0.337 e. The first-order chi connectivity index (χ1) is 13.8. The minimum absolute atomic E-state index is 0.148. The maximum atomic E-state index is 13.2. The van der Waals surface area contributed by atoms with Gasteiger partial charge in [-0.25, -0.2) is 0 Å². The number of carbonyl (C=O) groups excluding carboxylic acids is 1. The molecular formula is C23H32N4O. The van der Waals surface area contributed by atoms with E-state index in [1.54, 1.807) is 0 Å². The number of nitrogens with one attached hydrogen (secondary N) is 1. The average Bonchev–Trinajstić information content (AvgIpc) is 3.11. The molecule has 0 radical (unpaired) electrons. The maximum Gasteiger partial charge on any atom is 0.274 e. The van der Waals surface area contributed by atoms with Crippen LogP contribution in [0.3, 0.4) is 0 Å². The number of fused-ring (bicyclic) bond motifs is 1. The number of likely N-dealkylation sites (tertiary alicyclic amines) is 1. The first-order valence-corrected chi connectivity index (χ1v) is 10.9. The van der Waals surface area contributed by atoms with E-state index in [2.05, 4.69) is 47.3 Å². The van der Waals surface area contributed by atoms with Gasteiger partial charge in [-0.1, -0.05) is 37.3 Å². The smallest absolute Gasteiger partial charge is 0.274 e. The molecule has 1 aromatic carbocycles. The summed E-state index contributed by atoms with van der Waals surface area (Å²) in [5.74, 6) is 0.148. The number of benzene rings is 1. The molecule has 2 aliphatic rings. The second-order valence-electron chi connectivity index (χ2n) is 8.16. The molecule has 1 saturated heterocycles. The van der Waals surface area contributed by atoms with E-state index < -0.39 is 0 Å². The van der Waals surface area contributed by atoms with Crippen molar-refractivity contribution in [2.24, 2.45) is 0 Å². The van der Waals surface area contributed by atoms with Crippen molar-refractivity contribution in [3.63, 3.8) is 0 Å². The molecule has 1 unspecified atom stereocenters. The Balaban J connectivity index is 1.51. The van der Waals surface area contributed by atoms with E-state index in [0.717, 1.165) is 70.4 Å². The van der Waals surface area contributed by atoms with E-state index in [4.69, 9.17) is 5.10 Å². The molecule has 2 aromatic rings. The number of hydrogen-bond acceptors (Lipinski definition) is 3. The lowest BCUT2D eigenvalue weighted by atomic mass is 9.90. The van der Waals surface area contributed by atoms with Crippen LogP contribution in [0.5, 0.6) is 0 Å². The quantitative estimate of drug-likeness (QED) is 0.834. The van der Waals surface area contributed by atoms with Crippen molar-refractivity contribution in [1.82, 2.24) is 20.0 Å². The van der Waals surface area contributed by atoms with Crippen molar-refractivity contribution in [3.05, 3.63) is 52.8 Å². The Kier molecular flexibility index (Phi) is 6.10. The van der Waals surface area contributed by atoms with Gasteiger partial charge in [0.1, 0.15) is 0 Å². The van der Waals surface area contributed by atoms with Gasteiger partial charge in [0, 0.05) is 43.5 Å². The van der Waals surface area contributed by atoms with Crippen LogP contribution in [0.15, 0.2) is 30.3 Å². The SMILES string of the molecule is CCCn1nc(C(=O)N2CCCCC2)c2c1CCC(NCc1ccccc1)C2. The summed E-state index contributed by atoms with van der Waals surface area (Å²) in [7, 11) is 0. The minimum atomic E-state index is 0.148. The van der Waals surface area contributed by atoms with Crippen molar-refractivity contribution in [3.8, 4) is 0 Å². The molecule has 1 N–H and O–H groups in total. The fraction of sp³-hybridized carbons (Fsp3) is 0.565. The summed E-state index contributed by atoms with van der Waals surface area (Å²) in [6, 6.07) is 10.9. The van der Waals surface area contributed by atoms with E-state index in [1.807, 2.05) is 4.90 Å². The van der Waals surface area contributed by atoms with Gasteiger partial charge in [0.25, 0.3) is 5.91 Å². The Morgan fingerprint density at radius 1 is 1.18 bits per heavy atom. The third-order valence-corrected chi connectivity index (χ3v) is 6.07. The van der Waals surface area contributed by atoms with Crippen LogP contribution >= 0.6 is 0 Å². The summed E-state index contributed by atoms with van der Waals surface area (Å²) >= 11 is 0. The van der Waals surface area contributed by atoms with Crippen molar-refractivity contribution in [2.75, 3.05) is 13.1 Å².